The van der Waals surface area contributed by atoms with Crippen molar-refractivity contribution in [3.8, 4) is 0 Å². The van der Waals surface area contributed by atoms with E-state index in [-0.39, 0.29) is 11.2 Å². The molecule has 2 unspecified atom stereocenters. The molecule has 0 aromatic carbocycles. The van der Waals surface area contributed by atoms with Crippen molar-refractivity contribution < 1.29 is 4.79 Å². The molecular weight excluding hydrogens is 207 g/mol. The Morgan fingerprint density at radius 3 is 2.77 bits per heavy atom. The lowest BCUT2D eigenvalue weighted by Gasteiger charge is -2.34. The first kappa shape index (κ1) is 11.3. The van der Waals surface area contributed by atoms with Gasteiger partial charge in [-0.2, -0.15) is 0 Å². The van der Waals surface area contributed by atoms with Crippen molar-refractivity contribution in [2.45, 2.75) is 55.7 Å². The zero-order chi connectivity index (χ0) is 9.90. The van der Waals surface area contributed by atoms with Crippen molar-refractivity contribution in [3.05, 3.63) is 0 Å². The van der Waals surface area contributed by atoms with E-state index in [1.807, 2.05) is 6.92 Å². The van der Waals surface area contributed by atoms with Gasteiger partial charge in [0.25, 0.3) is 0 Å². The van der Waals surface area contributed by atoms with Gasteiger partial charge in [-0.3, -0.25) is 4.79 Å². The average Bonchev–Trinajstić information content (AvgIpc) is 2.11. The van der Waals surface area contributed by atoms with E-state index >= 15 is 0 Å². The molecule has 0 aromatic heterocycles. The van der Waals surface area contributed by atoms with Crippen LogP contribution in [0.5, 0.6) is 0 Å². The second kappa shape index (κ2) is 4.65. The van der Waals surface area contributed by atoms with Crippen LogP contribution in [0, 0.1) is 0 Å². The topological polar surface area (TPSA) is 17.1 Å². The minimum Gasteiger partial charge on any atom is -0.298 e. The summed E-state index contributed by atoms with van der Waals surface area (Å²) in [5.74, 6) is 0.136. The highest BCUT2D eigenvalue weighted by atomic mass is 35.5. The molecule has 3 heteroatoms. The highest BCUT2D eigenvalue weighted by molar-refractivity contribution is 6.41. The quantitative estimate of drug-likeness (QED) is 0.669. The van der Waals surface area contributed by atoms with E-state index in [1.165, 1.54) is 0 Å². The number of hydrogen-bond acceptors (Lipinski definition) is 1. The summed E-state index contributed by atoms with van der Waals surface area (Å²) in [6.07, 6.45) is 5.18. The zero-order valence-electron chi connectivity index (χ0n) is 7.98. The van der Waals surface area contributed by atoms with Crippen molar-refractivity contribution in [3.63, 3.8) is 0 Å². The van der Waals surface area contributed by atoms with Gasteiger partial charge in [0.1, 0.15) is 4.87 Å². The van der Waals surface area contributed by atoms with Crippen LogP contribution in [0.3, 0.4) is 0 Å². The highest BCUT2D eigenvalue weighted by Gasteiger charge is 2.43. The lowest BCUT2D eigenvalue weighted by atomic mass is 9.83. The summed E-state index contributed by atoms with van der Waals surface area (Å²) in [6.45, 7) is 1.99. The Bertz CT molecular complexity index is 193. The summed E-state index contributed by atoms with van der Waals surface area (Å²) < 4.78 is 0. The number of carbonyl (C=O) groups is 1. The molecule has 1 rings (SSSR count). The molecule has 0 aliphatic heterocycles. The largest absolute Gasteiger partial charge is 0.298 e. The van der Waals surface area contributed by atoms with Crippen LogP contribution in [-0.2, 0) is 4.79 Å². The van der Waals surface area contributed by atoms with Gasteiger partial charge >= 0.3 is 0 Å². The minimum atomic E-state index is -0.754. The lowest BCUT2D eigenvalue weighted by molar-refractivity contribution is -0.122. The molecule has 0 radical (unpaired) electrons. The van der Waals surface area contributed by atoms with Gasteiger partial charge in [0.2, 0.25) is 0 Å². The van der Waals surface area contributed by atoms with Gasteiger partial charge < -0.3 is 0 Å². The molecule has 1 aliphatic rings. The smallest absolute Gasteiger partial charge is 0.155 e. The number of hydrogen-bond donors (Lipinski definition) is 0. The number of rotatable bonds is 3. The van der Waals surface area contributed by atoms with Crippen LogP contribution in [0.25, 0.3) is 0 Å². The van der Waals surface area contributed by atoms with Crippen molar-refractivity contribution in [2.75, 3.05) is 0 Å². The van der Waals surface area contributed by atoms with E-state index < -0.39 is 4.87 Å². The average molecular weight is 223 g/mol. The van der Waals surface area contributed by atoms with Crippen molar-refractivity contribution in [2.24, 2.45) is 0 Å². The first-order valence-corrected chi connectivity index (χ1v) is 5.79. The molecule has 2 atom stereocenters. The summed E-state index contributed by atoms with van der Waals surface area (Å²) in [4.78, 5) is 11.0. The fourth-order valence-corrected chi connectivity index (χ4v) is 2.56. The van der Waals surface area contributed by atoms with Gasteiger partial charge in [0.05, 0.1) is 5.38 Å². The van der Waals surface area contributed by atoms with Gasteiger partial charge in [-0.25, -0.2) is 0 Å². The van der Waals surface area contributed by atoms with Gasteiger partial charge in [-0.1, -0.05) is 19.8 Å². The molecule has 0 bridgehead atoms. The lowest BCUT2D eigenvalue weighted by Crippen LogP contribution is -2.43. The second-order valence-corrected chi connectivity index (χ2v) is 4.95. The molecule has 0 amide bonds. The maximum Gasteiger partial charge on any atom is 0.155 e. The third kappa shape index (κ3) is 2.38. The molecule has 0 N–H and O–H groups in total. The van der Waals surface area contributed by atoms with Crippen molar-refractivity contribution in [1.82, 2.24) is 0 Å². The van der Waals surface area contributed by atoms with Crippen LogP contribution < -0.4 is 0 Å². The summed E-state index contributed by atoms with van der Waals surface area (Å²) in [7, 11) is 0. The van der Waals surface area contributed by atoms with Crippen LogP contribution in [0.4, 0.5) is 0 Å². The summed E-state index contributed by atoms with van der Waals surface area (Å²) >= 11 is 12.4. The third-order valence-electron chi connectivity index (χ3n) is 2.69. The summed E-state index contributed by atoms with van der Waals surface area (Å²) in [5.41, 5.74) is 0. The zero-order valence-corrected chi connectivity index (χ0v) is 9.50. The standard InChI is InChI=1S/C10H16Cl2O/c1-2-5-9(13)10(12)7-4-3-6-8(10)11/h8H,2-7H2,1H3. The number of alkyl halides is 2. The molecule has 0 spiro atoms. The van der Waals surface area contributed by atoms with E-state index in [0.29, 0.717) is 6.42 Å². The van der Waals surface area contributed by atoms with Crippen LogP contribution >= 0.6 is 23.2 Å². The van der Waals surface area contributed by atoms with Gasteiger partial charge in [-0.15, -0.1) is 23.2 Å². The summed E-state index contributed by atoms with van der Waals surface area (Å²) in [5, 5.41) is -0.165. The molecule has 1 aliphatic carbocycles. The number of Topliss-reactive ketones (excluding diaryl/α,β-unsaturated/α-hetero) is 1. The van der Waals surface area contributed by atoms with Gasteiger partial charge in [0.15, 0.2) is 5.78 Å². The first-order valence-electron chi connectivity index (χ1n) is 4.97. The maximum absolute atomic E-state index is 11.7. The normalized spacial score (nSPS) is 34.5. The second-order valence-electron chi connectivity index (χ2n) is 3.75. The predicted octanol–water partition coefficient (Wildman–Crippen LogP) is 3.51. The maximum atomic E-state index is 11.7. The van der Waals surface area contributed by atoms with Crippen LogP contribution in [-0.4, -0.2) is 16.0 Å². The van der Waals surface area contributed by atoms with Gasteiger partial charge in [0, 0.05) is 6.42 Å². The SMILES string of the molecule is CCCC(=O)C1(Cl)CCCCC1Cl. The first-order chi connectivity index (χ1) is 6.11. The van der Waals surface area contributed by atoms with E-state index in [4.69, 9.17) is 23.2 Å². The van der Waals surface area contributed by atoms with Crippen molar-refractivity contribution in [1.29, 1.82) is 0 Å². The molecule has 1 nitrogen and oxygen atoms in total. The van der Waals surface area contributed by atoms with Crippen LogP contribution in [0.15, 0.2) is 0 Å². The highest BCUT2D eigenvalue weighted by Crippen LogP contribution is 2.39. The molecular formula is C10H16Cl2O. The Kier molecular flexibility index (Phi) is 4.06. The minimum absolute atomic E-state index is 0.136. The number of carbonyl (C=O) groups excluding carboxylic acids is 1. The Morgan fingerprint density at radius 1 is 1.54 bits per heavy atom. The van der Waals surface area contributed by atoms with E-state index in [9.17, 15) is 4.79 Å². The summed E-state index contributed by atoms with van der Waals surface area (Å²) in [6, 6.07) is 0. The molecule has 0 heterocycles. The van der Waals surface area contributed by atoms with E-state index in [1.54, 1.807) is 0 Å². The molecule has 1 fully saturated rings. The number of halogens is 2. The number of ketones is 1. The fraction of sp³-hybridized carbons (Fsp3) is 0.900. The van der Waals surface area contributed by atoms with Crippen LogP contribution in [0.1, 0.15) is 45.4 Å². The van der Waals surface area contributed by atoms with Crippen molar-refractivity contribution >= 4 is 29.0 Å². The van der Waals surface area contributed by atoms with E-state index in [2.05, 4.69) is 0 Å². The molecule has 0 saturated heterocycles. The van der Waals surface area contributed by atoms with Gasteiger partial charge in [-0.05, 0) is 19.3 Å². The molecule has 76 valence electrons. The Morgan fingerprint density at radius 2 is 2.23 bits per heavy atom. The Labute approximate surface area is 89.8 Å². The van der Waals surface area contributed by atoms with E-state index in [0.717, 1.165) is 32.1 Å². The predicted molar refractivity (Wildman–Crippen MR) is 56.6 cm³/mol. The molecule has 0 aromatic rings. The molecule has 13 heavy (non-hydrogen) atoms. The Balaban J connectivity index is 2.65. The third-order valence-corrected chi connectivity index (χ3v) is 4.05. The fourth-order valence-electron chi connectivity index (χ4n) is 1.84. The Hall–Kier alpha value is 0.250. The molecule has 1 saturated carbocycles. The van der Waals surface area contributed by atoms with Crippen LogP contribution in [0.2, 0.25) is 0 Å². The monoisotopic (exact) mass is 222 g/mol.